The minimum absolute atomic E-state index is 0.218. The van der Waals surface area contributed by atoms with Crippen molar-refractivity contribution in [3.63, 3.8) is 0 Å². The number of rotatable bonds is 6. The van der Waals surface area contributed by atoms with Gasteiger partial charge in [-0.05, 0) is 54.3 Å². The minimum Gasteiger partial charge on any atom is -0.307 e. The Hall–Kier alpha value is -1.75. The summed E-state index contributed by atoms with van der Waals surface area (Å²) in [4.78, 5) is 0. The van der Waals surface area contributed by atoms with Gasteiger partial charge in [-0.1, -0.05) is 25.1 Å². The Balaban J connectivity index is 1.81. The fraction of sp³-hybridized carbons (Fsp3) is 0.500. The zero-order chi connectivity index (χ0) is 13.1. The highest BCUT2D eigenvalue weighted by Gasteiger charge is 2.24. The molecule has 1 N–H and O–H groups in total. The molecule has 1 saturated carbocycles. The van der Waals surface area contributed by atoms with Crippen LogP contribution in [0.2, 0.25) is 0 Å². The molecule has 1 aliphatic carbocycles. The third-order valence-electron chi connectivity index (χ3n) is 3.56. The van der Waals surface area contributed by atoms with Crippen molar-refractivity contribution in [2.24, 2.45) is 5.92 Å². The lowest BCUT2D eigenvalue weighted by atomic mass is 10.2. The number of hydrogen-bond acceptors (Lipinski definition) is 4. The van der Waals surface area contributed by atoms with Crippen molar-refractivity contribution in [1.82, 2.24) is 25.5 Å². The van der Waals surface area contributed by atoms with Gasteiger partial charge in [0, 0.05) is 0 Å². The van der Waals surface area contributed by atoms with E-state index in [4.69, 9.17) is 0 Å². The number of hydrogen-bond donors (Lipinski definition) is 1. The Bertz CT molecular complexity index is 518. The van der Waals surface area contributed by atoms with E-state index in [-0.39, 0.29) is 6.04 Å². The van der Waals surface area contributed by atoms with Gasteiger partial charge >= 0.3 is 0 Å². The summed E-state index contributed by atoms with van der Waals surface area (Å²) in [5.74, 6) is 1.75. The molecule has 1 aliphatic rings. The van der Waals surface area contributed by atoms with E-state index in [9.17, 15) is 0 Å². The first-order valence-electron chi connectivity index (χ1n) is 6.95. The molecule has 5 heteroatoms. The van der Waals surface area contributed by atoms with Crippen molar-refractivity contribution in [1.29, 1.82) is 0 Å². The summed E-state index contributed by atoms with van der Waals surface area (Å²) in [6, 6.07) is 10.3. The van der Waals surface area contributed by atoms with E-state index in [0.717, 1.165) is 30.4 Å². The van der Waals surface area contributed by atoms with Gasteiger partial charge in [-0.15, -0.1) is 5.10 Å². The quantitative estimate of drug-likeness (QED) is 0.861. The Morgan fingerprint density at radius 2 is 2.11 bits per heavy atom. The van der Waals surface area contributed by atoms with Gasteiger partial charge in [-0.3, -0.25) is 0 Å². The summed E-state index contributed by atoms with van der Waals surface area (Å²) in [5.41, 5.74) is 1.01. The van der Waals surface area contributed by atoms with E-state index in [1.807, 2.05) is 35.0 Å². The first kappa shape index (κ1) is 12.3. The lowest BCUT2D eigenvalue weighted by Crippen LogP contribution is -2.26. The Morgan fingerprint density at radius 1 is 1.32 bits per heavy atom. The van der Waals surface area contributed by atoms with Crippen LogP contribution in [0.1, 0.15) is 38.1 Å². The molecule has 0 amide bonds. The topological polar surface area (TPSA) is 55.6 Å². The molecule has 100 valence electrons. The molecule has 3 rings (SSSR count). The van der Waals surface area contributed by atoms with Crippen molar-refractivity contribution in [3.8, 4) is 5.69 Å². The fourth-order valence-corrected chi connectivity index (χ4v) is 2.21. The maximum Gasteiger partial charge on any atom is 0.173 e. The molecule has 5 nitrogen and oxygen atoms in total. The molecule has 0 bridgehead atoms. The van der Waals surface area contributed by atoms with Gasteiger partial charge in [-0.2, -0.15) is 4.68 Å². The van der Waals surface area contributed by atoms with Crippen molar-refractivity contribution in [2.45, 2.75) is 32.2 Å². The van der Waals surface area contributed by atoms with E-state index >= 15 is 0 Å². The number of nitrogens with one attached hydrogen (secondary N) is 1. The minimum atomic E-state index is 0.218. The summed E-state index contributed by atoms with van der Waals surface area (Å²) < 4.78 is 1.83. The Kier molecular flexibility index (Phi) is 3.55. The van der Waals surface area contributed by atoms with Gasteiger partial charge in [-0.25, -0.2) is 0 Å². The number of para-hydroxylation sites is 1. The average Bonchev–Trinajstić information content (AvgIpc) is 3.16. The second-order valence-electron chi connectivity index (χ2n) is 5.10. The molecule has 1 aromatic heterocycles. The van der Waals surface area contributed by atoms with Crippen LogP contribution in [0.3, 0.4) is 0 Å². The summed E-state index contributed by atoms with van der Waals surface area (Å²) in [5, 5.41) is 15.7. The maximum absolute atomic E-state index is 4.20. The zero-order valence-corrected chi connectivity index (χ0v) is 11.2. The highest BCUT2D eigenvalue weighted by atomic mass is 15.5. The van der Waals surface area contributed by atoms with E-state index < -0.39 is 0 Å². The zero-order valence-electron chi connectivity index (χ0n) is 11.2. The molecule has 0 aliphatic heterocycles. The van der Waals surface area contributed by atoms with Gasteiger partial charge in [0.1, 0.15) is 0 Å². The van der Waals surface area contributed by atoms with E-state index in [1.165, 1.54) is 12.8 Å². The highest BCUT2D eigenvalue weighted by molar-refractivity contribution is 5.30. The lowest BCUT2D eigenvalue weighted by Gasteiger charge is -2.16. The standard InChI is InChI=1S/C14H19N5/c1-2-13(15-10-11-8-9-11)14-16-17-18-19(14)12-6-4-3-5-7-12/h3-7,11,13,15H,2,8-10H2,1H3/t13-/m1/s1. The van der Waals surface area contributed by atoms with Crippen molar-refractivity contribution in [2.75, 3.05) is 6.54 Å². The molecule has 2 aromatic rings. The van der Waals surface area contributed by atoms with Crippen LogP contribution in [0.25, 0.3) is 5.69 Å². The van der Waals surface area contributed by atoms with E-state index in [0.29, 0.717) is 0 Å². The monoisotopic (exact) mass is 257 g/mol. The average molecular weight is 257 g/mol. The van der Waals surface area contributed by atoms with Crippen molar-refractivity contribution >= 4 is 0 Å². The third kappa shape index (κ3) is 2.81. The van der Waals surface area contributed by atoms with Crippen LogP contribution in [0, 0.1) is 5.92 Å². The van der Waals surface area contributed by atoms with Gasteiger partial charge < -0.3 is 5.32 Å². The molecule has 1 fully saturated rings. The van der Waals surface area contributed by atoms with Crippen LogP contribution in [0.5, 0.6) is 0 Å². The van der Waals surface area contributed by atoms with Crippen LogP contribution in [-0.4, -0.2) is 26.8 Å². The second-order valence-corrected chi connectivity index (χ2v) is 5.10. The molecule has 0 saturated heterocycles. The second kappa shape index (κ2) is 5.48. The molecule has 1 aromatic carbocycles. The first-order valence-corrected chi connectivity index (χ1v) is 6.95. The van der Waals surface area contributed by atoms with Gasteiger partial charge in [0.2, 0.25) is 0 Å². The Labute approximate surface area is 113 Å². The van der Waals surface area contributed by atoms with Gasteiger partial charge in [0.05, 0.1) is 11.7 Å². The molecule has 1 atom stereocenters. The predicted octanol–water partition coefficient (Wildman–Crippen LogP) is 2.11. The molecule has 19 heavy (non-hydrogen) atoms. The SMILES string of the molecule is CC[C@@H](NCC1CC1)c1nnnn1-c1ccccc1. The summed E-state index contributed by atoms with van der Waals surface area (Å²) in [7, 11) is 0. The van der Waals surface area contributed by atoms with Crippen LogP contribution in [0.4, 0.5) is 0 Å². The summed E-state index contributed by atoms with van der Waals surface area (Å²) in [6.07, 6.45) is 3.69. The van der Waals surface area contributed by atoms with E-state index in [2.05, 4.69) is 27.8 Å². The smallest absolute Gasteiger partial charge is 0.173 e. The Morgan fingerprint density at radius 3 is 2.79 bits per heavy atom. The van der Waals surface area contributed by atoms with Crippen LogP contribution < -0.4 is 5.32 Å². The molecule has 0 radical (unpaired) electrons. The summed E-state index contributed by atoms with van der Waals surface area (Å²) in [6.45, 7) is 3.23. The summed E-state index contributed by atoms with van der Waals surface area (Å²) >= 11 is 0. The molecule has 1 heterocycles. The maximum atomic E-state index is 4.20. The molecule has 0 unspecified atom stereocenters. The number of benzene rings is 1. The first-order chi connectivity index (χ1) is 9.38. The molecule has 0 spiro atoms. The predicted molar refractivity (Wildman–Crippen MR) is 72.9 cm³/mol. The molecular weight excluding hydrogens is 238 g/mol. The number of tetrazole rings is 1. The van der Waals surface area contributed by atoms with Crippen molar-refractivity contribution < 1.29 is 0 Å². The van der Waals surface area contributed by atoms with Crippen molar-refractivity contribution in [3.05, 3.63) is 36.2 Å². The fourth-order valence-electron chi connectivity index (χ4n) is 2.21. The normalized spacial score (nSPS) is 16.5. The lowest BCUT2D eigenvalue weighted by molar-refractivity contribution is 0.471. The van der Waals surface area contributed by atoms with E-state index in [1.54, 1.807) is 0 Å². The molecular formula is C14H19N5. The van der Waals surface area contributed by atoms with Crippen LogP contribution >= 0.6 is 0 Å². The van der Waals surface area contributed by atoms with Gasteiger partial charge in [0.25, 0.3) is 0 Å². The highest BCUT2D eigenvalue weighted by Crippen LogP contribution is 2.29. The van der Waals surface area contributed by atoms with Gasteiger partial charge in [0.15, 0.2) is 5.82 Å². The largest absolute Gasteiger partial charge is 0.307 e. The third-order valence-corrected chi connectivity index (χ3v) is 3.56. The van der Waals surface area contributed by atoms with Crippen LogP contribution in [0.15, 0.2) is 30.3 Å². The van der Waals surface area contributed by atoms with Crippen LogP contribution in [-0.2, 0) is 0 Å². The number of aromatic nitrogens is 4. The number of nitrogens with zero attached hydrogens (tertiary/aromatic N) is 4.